The zero-order valence-electron chi connectivity index (χ0n) is 5.83. The van der Waals surface area contributed by atoms with Crippen molar-refractivity contribution in [3.05, 3.63) is 11.4 Å². The molecule has 0 aliphatic heterocycles. The van der Waals surface area contributed by atoms with Gasteiger partial charge in [0.1, 0.15) is 0 Å². The SMILES string of the molecule is CC/C=C(\CC)P(O)O. The molecule has 0 heterocycles. The van der Waals surface area contributed by atoms with Crippen molar-refractivity contribution in [2.75, 3.05) is 0 Å². The molecule has 0 saturated carbocycles. The molecule has 9 heavy (non-hydrogen) atoms. The first-order valence-electron chi connectivity index (χ1n) is 3.09. The molecule has 2 nitrogen and oxygen atoms in total. The van der Waals surface area contributed by atoms with Crippen molar-refractivity contribution in [1.82, 2.24) is 0 Å². The average Bonchev–Trinajstić information content (AvgIpc) is 1.82. The second-order valence-electron chi connectivity index (χ2n) is 1.75. The summed E-state index contributed by atoms with van der Waals surface area (Å²) < 4.78 is 0. The van der Waals surface area contributed by atoms with Gasteiger partial charge in [-0.1, -0.05) is 19.9 Å². The predicted octanol–water partition coefficient (Wildman–Crippen LogP) is 1.99. The molecule has 0 aromatic rings. The van der Waals surface area contributed by atoms with Crippen molar-refractivity contribution in [1.29, 1.82) is 0 Å². The zero-order valence-corrected chi connectivity index (χ0v) is 6.73. The summed E-state index contributed by atoms with van der Waals surface area (Å²) in [5, 5.41) is 0.771. The van der Waals surface area contributed by atoms with E-state index in [1.807, 2.05) is 19.9 Å². The summed E-state index contributed by atoms with van der Waals surface area (Å²) in [7, 11) is -1.81. The van der Waals surface area contributed by atoms with Crippen molar-refractivity contribution in [3.63, 3.8) is 0 Å². The summed E-state index contributed by atoms with van der Waals surface area (Å²) in [4.78, 5) is 17.4. The molecule has 0 aliphatic rings. The first kappa shape index (κ1) is 9.09. The van der Waals surface area contributed by atoms with E-state index in [4.69, 9.17) is 9.79 Å². The lowest BCUT2D eigenvalue weighted by Gasteiger charge is -2.03. The maximum atomic E-state index is 8.70. The van der Waals surface area contributed by atoms with Gasteiger partial charge in [0.25, 0.3) is 0 Å². The summed E-state index contributed by atoms with van der Waals surface area (Å²) in [5.74, 6) is 0. The Morgan fingerprint density at radius 3 is 2.11 bits per heavy atom. The summed E-state index contributed by atoms with van der Waals surface area (Å²) >= 11 is 0. The number of hydrogen-bond donors (Lipinski definition) is 2. The topological polar surface area (TPSA) is 40.5 Å². The first-order chi connectivity index (χ1) is 4.22. The first-order valence-corrected chi connectivity index (χ1v) is 4.34. The molecule has 0 saturated heterocycles. The Kier molecular flexibility index (Phi) is 4.97. The van der Waals surface area contributed by atoms with Crippen molar-refractivity contribution in [2.45, 2.75) is 26.7 Å². The van der Waals surface area contributed by atoms with Gasteiger partial charge < -0.3 is 9.79 Å². The Bertz CT molecular complexity index is 99.2. The number of rotatable bonds is 3. The molecule has 0 radical (unpaired) electrons. The van der Waals surface area contributed by atoms with E-state index >= 15 is 0 Å². The van der Waals surface area contributed by atoms with Crippen molar-refractivity contribution >= 4 is 8.38 Å². The summed E-state index contributed by atoms with van der Waals surface area (Å²) in [6.45, 7) is 3.90. The van der Waals surface area contributed by atoms with Crippen LogP contribution in [0.25, 0.3) is 0 Å². The third-order valence-electron chi connectivity index (χ3n) is 1.06. The molecule has 0 spiro atoms. The van der Waals surface area contributed by atoms with Crippen LogP contribution in [-0.4, -0.2) is 9.79 Å². The standard InChI is InChI=1S/C6H13O2P/c1-3-5-6(4-2)9(7)8/h5,7-8H,3-4H2,1-2H3/b6-5+. The monoisotopic (exact) mass is 148 g/mol. The van der Waals surface area contributed by atoms with Gasteiger partial charge in [0.2, 0.25) is 0 Å². The average molecular weight is 148 g/mol. The summed E-state index contributed by atoms with van der Waals surface area (Å²) in [6.07, 6.45) is 3.49. The Morgan fingerprint density at radius 2 is 2.00 bits per heavy atom. The van der Waals surface area contributed by atoms with E-state index in [0.717, 1.165) is 18.2 Å². The molecule has 0 fully saturated rings. The van der Waals surface area contributed by atoms with E-state index in [-0.39, 0.29) is 0 Å². The molecule has 54 valence electrons. The maximum absolute atomic E-state index is 8.70. The van der Waals surface area contributed by atoms with E-state index in [1.165, 1.54) is 0 Å². The Morgan fingerprint density at radius 1 is 1.44 bits per heavy atom. The molecular formula is C6H13O2P. The van der Waals surface area contributed by atoms with Crippen molar-refractivity contribution < 1.29 is 9.79 Å². The quantitative estimate of drug-likeness (QED) is 0.601. The van der Waals surface area contributed by atoms with E-state index in [2.05, 4.69) is 0 Å². The molecule has 0 aliphatic carbocycles. The third-order valence-corrected chi connectivity index (χ3v) is 2.07. The van der Waals surface area contributed by atoms with Crippen LogP contribution in [0.3, 0.4) is 0 Å². The zero-order chi connectivity index (χ0) is 7.28. The fourth-order valence-electron chi connectivity index (χ4n) is 0.603. The van der Waals surface area contributed by atoms with E-state index in [0.29, 0.717) is 0 Å². The molecule has 0 bridgehead atoms. The third kappa shape index (κ3) is 3.63. The van der Waals surface area contributed by atoms with Gasteiger partial charge in [0.15, 0.2) is 8.38 Å². The molecule has 0 amide bonds. The molecule has 0 unspecified atom stereocenters. The molecule has 0 aromatic heterocycles. The van der Waals surface area contributed by atoms with Crippen molar-refractivity contribution in [3.8, 4) is 0 Å². The van der Waals surface area contributed by atoms with E-state index in [1.54, 1.807) is 0 Å². The van der Waals surface area contributed by atoms with Crippen LogP contribution in [0.5, 0.6) is 0 Å². The van der Waals surface area contributed by atoms with Gasteiger partial charge in [0, 0.05) is 5.31 Å². The minimum absolute atomic E-state index is 0.743. The van der Waals surface area contributed by atoms with Crippen LogP contribution >= 0.6 is 8.38 Å². The van der Waals surface area contributed by atoms with Gasteiger partial charge in [-0.3, -0.25) is 0 Å². The highest BCUT2D eigenvalue weighted by Crippen LogP contribution is 2.37. The normalized spacial score (nSPS) is 12.8. The lowest BCUT2D eigenvalue weighted by molar-refractivity contribution is 0.490. The fraction of sp³-hybridized carbons (Fsp3) is 0.667. The molecule has 0 atom stereocenters. The minimum atomic E-state index is -1.81. The number of hydrogen-bond acceptors (Lipinski definition) is 2. The van der Waals surface area contributed by atoms with Gasteiger partial charge >= 0.3 is 0 Å². The highest BCUT2D eigenvalue weighted by atomic mass is 31.2. The van der Waals surface area contributed by atoms with Gasteiger partial charge in [-0.25, -0.2) is 0 Å². The molecule has 3 heteroatoms. The van der Waals surface area contributed by atoms with Gasteiger partial charge in [-0.05, 0) is 12.8 Å². The predicted molar refractivity (Wildman–Crippen MR) is 40.0 cm³/mol. The Hall–Kier alpha value is 0.0900. The molecule has 0 rings (SSSR count). The Labute approximate surface area is 57.1 Å². The highest BCUT2D eigenvalue weighted by Gasteiger charge is 2.02. The van der Waals surface area contributed by atoms with Gasteiger partial charge in [-0.2, -0.15) is 0 Å². The smallest absolute Gasteiger partial charge is 0.194 e. The second-order valence-corrected chi connectivity index (χ2v) is 2.90. The molecule has 0 aromatic carbocycles. The highest BCUT2D eigenvalue weighted by molar-refractivity contribution is 7.50. The van der Waals surface area contributed by atoms with Crippen molar-refractivity contribution in [2.24, 2.45) is 0 Å². The fourth-order valence-corrected chi connectivity index (χ4v) is 1.23. The van der Waals surface area contributed by atoms with Crippen LogP contribution in [0.2, 0.25) is 0 Å². The lowest BCUT2D eigenvalue weighted by atomic mass is 10.3. The van der Waals surface area contributed by atoms with Crippen LogP contribution in [0.15, 0.2) is 11.4 Å². The maximum Gasteiger partial charge on any atom is 0.194 e. The summed E-state index contributed by atoms with van der Waals surface area (Å²) in [6, 6.07) is 0. The van der Waals surface area contributed by atoms with Crippen LogP contribution in [0.4, 0.5) is 0 Å². The minimum Gasteiger partial charge on any atom is -0.347 e. The van der Waals surface area contributed by atoms with Gasteiger partial charge in [0.05, 0.1) is 0 Å². The Balaban J connectivity index is 3.81. The summed E-state index contributed by atoms with van der Waals surface area (Å²) in [5.41, 5.74) is 0. The largest absolute Gasteiger partial charge is 0.347 e. The molecule has 2 N–H and O–H groups in total. The van der Waals surface area contributed by atoms with E-state index < -0.39 is 8.38 Å². The van der Waals surface area contributed by atoms with E-state index in [9.17, 15) is 0 Å². The van der Waals surface area contributed by atoms with Crippen LogP contribution in [-0.2, 0) is 0 Å². The van der Waals surface area contributed by atoms with Gasteiger partial charge in [-0.15, -0.1) is 0 Å². The van der Waals surface area contributed by atoms with Crippen LogP contribution in [0, 0.1) is 0 Å². The van der Waals surface area contributed by atoms with Crippen LogP contribution in [0.1, 0.15) is 26.7 Å². The molecular weight excluding hydrogens is 135 g/mol. The second kappa shape index (κ2) is 4.92. The van der Waals surface area contributed by atoms with Crippen LogP contribution < -0.4 is 0 Å². The number of allylic oxidation sites excluding steroid dienone is 2. The lowest BCUT2D eigenvalue weighted by Crippen LogP contribution is -1.77.